The van der Waals surface area contributed by atoms with Crippen LogP contribution >= 0.6 is 0 Å². The number of nitrogens with zero attached hydrogens (tertiary/aromatic N) is 2. The van der Waals surface area contributed by atoms with Gasteiger partial charge in [-0.1, -0.05) is 18.2 Å². The van der Waals surface area contributed by atoms with Crippen LogP contribution in [-0.4, -0.2) is 29.9 Å². The first-order valence-corrected chi connectivity index (χ1v) is 8.46. The third-order valence-corrected chi connectivity index (χ3v) is 4.48. The van der Waals surface area contributed by atoms with E-state index in [2.05, 4.69) is 15.2 Å². The molecule has 1 aromatic carbocycles. The Hall–Kier alpha value is -2.89. The molecule has 0 unspecified atom stereocenters. The normalized spacial score (nSPS) is 17.1. The van der Waals surface area contributed by atoms with Gasteiger partial charge in [0.2, 0.25) is 5.91 Å². The Morgan fingerprint density at radius 2 is 2.00 bits per heavy atom. The van der Waals surface area contributed by atoms with E-state index in [1.807, 2.05) is 24.3 Å². The lowest BCUT2D eigenvalue weighted by Gasteiger charge is -2.33. The molecule has 1 fully saturated rings. The van der Waals surface area contributed by atoms with Gasteiger partial charge in [0.25, 0.3) is 5.91 Å². The van der Waals surface area contributed by atoms with Gasteiger partial charge in [-0.15, -0.1) is 0 Å². The molecule has 0 radical (unpaired) electrons. The minimum absolute atomic E-state index is 0.0777. The number of carbonyl (C=O) groups excluding carboxylic acids is 2. The Bertz CT molecular complexity index is 731. The van der Waals surface area contributed by atoms with Crippen LogP contribution in [0.1, 0.15) is 28.9 Å². The number of hydrogen-bond donors (Lipinski definition) is 2. The van der Waals surface area contributed by atoms with Gasteiger partial charge in [-0.25, -0.2) is 0 Å². The predicted octanol–water partition coefficient (Wildman–Crippen LogP) is 1.71. The molecule has 1 saturated heterocycles. The third-order valence-electron chi connectivity index (χ3n) is 4.48. The highest BCUT2D eigenvalue weighted by Gasteiger charge is 2.24. The molecule has 3 rings (SSSR count). The van der Waals surface area contributed by atoms with E-state index in [0.717, 1.165) is 30.6 Å². The maximum atomic E-state index is 12.0. The first-order chi connectivity index (χ1) is 12.1. The van der Waals surface area contributed by atoms with Crippen LogP contribution in [0.2, 0.25) is 0 Å². The largest absolute Gasteiger partial charge is 0.371 e. The number of primary amides is 1. The predicted molar refractivity (Wildman–Crippen MR) is 96.0 cm³/mol. The summed E-state index contributed by atoms with van der Waals surface area (Å²) in [5.74, 6) is -0.491. The van der Waals surface area contributed by atoms with E-state index >= 15 is 0 Å². The van der Waals surface area contributed by atoms with Crippen molar-refractivity contribution in [3.05, 3.63) is 59.9 Å². The van der Waals surface area contributed by atoms with Crippen LogP contribution in [0, 0.1) is 5.92 Å². The monoisotopic (exact) mass is 338 g/mol. The molecular weight excluding hydrogens is 316 g/mol. The smallest absolute Gasteiger partial charge is 0.270 e. The van der Waals surface area contributed by atoms with Crippen LogP contribution in [0.4, 0.5) is 5.69 Å². The van der Waals surface area contributed by atoms with Crippen LogP contribution in [0.3, 0.4) is 0 Å². The maximum absolute atomic E-state index is 12.0. The second kappa shape index (κ2) is 7.79. The molecule has 1 aliphatic heterocycles. The lowest BCUT2D eigenvalue weighted by molar-refractivity contribution is -0.122. The molecule has 25 heavy (non-hydrogen) atoms. The average Bonchev–Trinajstić information content (AvgIpc) is 2.67. The summed E-state index contributed by atoms with van der Waals surface area (Å²) in [6.45, 7) is 2.05. The number of aromatic nitrogens is 1. The highest BCUT2D eigenvalue weighted by atomic mass is 16.2. The molecule has 0 bridgehead atoms. The van der Waals surface area contributed by atoms with Crippen LogP contribution in [-0.2, 0) is 11.3 Å². The molecule has 0 spiro atoms. The molecule has 2 heterocycles. The quantitative estimate of drug-likeness (QED) is 0.869. The molecule has 3 N–H and O–H groups in total. The first kappa shape index (κ1) is 17.0. The van der Waals surface area contributed by atoms with Crippen LogP contribution in [0.25, 0.3) is 0 Å². The second-order valence-electron chi connectivity index (χ2n) is 6.25. The van der Waals surface area contributed by atoms with Crippen molar-refractivity contribution in [1.29, 1.82) is 0 Å². The number of anilines is 1. The minimum atomic E-state index is -0.224. The van der Waals surface area contributed by atoms with Gasteiger partial charge in [-0.05, 0) is 42.7 Å². The number of benzene rings is 1. The number of carbonyl (C=O) groups is 2. The Morgan fingerprint density at radius 1 is 1.20 bits per heavy atom. The van der Waals surface area contributed by atoms with E-state index in [1.165, 1.54) is 0 Å². The Balaban J connectivity index is 1.57. The zero-order chi connectivity index (χ0) is 17.6. The highest BCUT2D eigenvalue weighted by Crippen LogP contribution is 2.23. The molecule has 1 aromatic heterocycles. The minimum Gasteiger partial charge on any atom is -0.371 e. The van der Waals surface area contributed by atoms with Crippen molar-refractivity contribution in [1.82, 2.24) is 10.3 Å². The summed E-state index contributed by atoms with van der Waals surface area (Å²) < 4.78 is 0. The summed E-state index contributed by atoms with van der Waals surface area (Å²) in [5.41, 5.74) is 7.93. The van der Waals surface area contributed by atoms with E-state index in [4.69, 9.17) is 5.73 Å². The second-order valence-corrected chi connectivity index (χ2v) is 6.25. The molecule has 6 heteroatoms. The van der Waals surface area contributed by atoms with Crippen molar-refractivity contribution in [2.75, 3.05) is 18.0 Å². The molecule has 2 aromatic rings. The van der Waals surface area contributed by atoms with Crippen molar-refractivity contribution in [3.63, 3.8) is 0 Å². The Kier molecular flexibility index (Phi) is 5.28. The van der Waals surface area contributed by atoms with Gasteiger partial charge < -0.3 is 16.0 Å². The lowest BCUT2D eigenvalue weighted by Crippen LogP contribution is -2.41. The van der Waals surface area contributed by atoms with Crippen LogP contribution in [0.5, 0.6) is 0 Å². The number of pyridine rings is 1. The van der Waals surface area contributed by atoms with Crippen molar-refractivity contribution in [2.24, 2.45) is 11.7 Å². The summed E-state index contributed by atoms with van der Waals surface area (Å²) in [6.07, 6.45) is 3.43. The van der Waals surface area contributed by atoms with E-state index < -0.39 is 0 Å². The van der Waals surface area contributed by atoms with Gasteiger partial charge in [0.1, 0.15) is 5.69 Å². The average molecular weight is 338 g/mol. The topological polar surface area (TPSA) is 88.3 Å². The summed E-state index contributed by atoms with van der Waals surface area (Å²) >= 11 is 0. The first-order valence-electron chi connectivity index (χ1n) is 8.46. The van der Waals surface area contributed by atoms with Crippen LogP contribution in [0.15, 0.2) is 48.7 Å². The molecule has 1 atom stereocenters. The number of hydrogen-bond acceptors (Lipinski definition) is 4. The molecule has 0 saturated carbocycles. The van der Waals surface area contributed by atoms with Gasteiger partial charge in [0, 0.05) is 31.5 Å². The van der Waals surface area contributed by atoms with E-state index in [0.29, 0.717) is 18.8 Å². The number of rotatable bonds is 5. The van der Waals surface area contributed by atoms with Crippen LogP contribution < -0.4 is 16.0 Å². The maximum Gasteiger partial charge on any atom is 0.270 e. The van der Waals surface area contributed by atoms with E-state index in [9.17, 15) is 9.59 Å². The fraction of sp³-hybridized carbons (Fsp3) is 0.316. The molecule has 130 valence electrons. The lowest BCUT2D eigenvalue weighted by atomic mass is 9.97. The van der Waals surface area contributed by atoms with E-state index in [1.54, 1.807) is 24.4 Å². The fourth-order valence-corrected chi connectivity index (χ4v) is 3.04. The van der Waals surface area contributed by atoms with Gasteiger partial charge in [0.05, 0.1) is 5.92 Å². The zero-order valence-corrected chi connectivity index (χ0v) is 14.0. The fourth-order valence-electron chi connectivity index (χ4n) is 3.04. The standard InChI is InChI=1S/C19H22N4O2/c20-18(24)15-4-3-11-23(13-15)16-8-6-14(7-9-16)12-22-19(25)17-5-1-2-10-21-17/h1-2,5-10,15H,3-4,11-13H2,(H2,20,24)(H,22,25)/t15-/m1/s1. The van der Waals surface area contributed by atoms with Gasteiger partial charge >= 0.3 is 0 Å². The zero-order valence-electron chi connectivity index (χ0n) is 14.0. The summed E-state index contributed by atoms with van der Waals surface area (Å²) in [4.78, 5) is 29.6. The Morgan fingerprint density at radius 3 is 2.68 bits per heavy atom. The Labute approximate surface area is 147 Å². The number of amides is 2. The molecular formula is C19H22N4O2. The summed E-state index contributed by atoms with van der Waals surface area (Å²) in [7, 11) is 0. The number of nitrogens with one attached hydrogen (secondary N) is 1. The van der Waals surface area contributed by atoms with Gasteiger partial charge in [-0.3, -0.25) is 14.6 Å². The van der Waals surface area contributed by atoms with Gasteiger partial charge in [-0.2, -0.15) is 0 Å². The molecule has 6 nitrogen and oxygen atoms in total. The highest BCUT2D eigenvalue weighted by molar-refractivity contribution is 5.92. The molecule has 2 amide bonds. The van der Waals surface area contributed by atoms with Crippen molar-refractivity contribution < 1.29 is 9.59 Å². The SMILES string of the molecule is NC(=O)[C@@H]1CCCN(c2ccc(CNC(=O)c3ccccn3)cc2)C1. The third kappa shape index (κ3) is 4.35. The molecule has 0 aliphatic carbocycles. The van der Waals surface area contributed by atoms with Crippen molar-refractivity contribution in [3.8, 4) is 0 Å². The van der Waals surface area contributed by atoms with Crippen molar-refractivity contribution >= 4 is 17.5 Å². The molecule has 1 aliphatic rings. The number of piperidine rings is 1. The van der Waals surface area contributed by atoms with Gasteiger partial charge in [0.15, 0.2) is 0 Å². The number of nitrogens with two attached hydrogens (primary N) is 1. The van der Waals surface area contributed by atoms with Crippen molar-refractivity contribution in [2.45, 2.75) is 19.4 Å². The van der Waals surface area contributed by atoms with E-state index in [-0.39, 0.29) is 17.7 Å². The summed E-state index contributed by atoms with van der Waals surface area (Å²) in [5, 5.41) is 2.86. The summed E-state index contributed by atoms with van der Waals surface area (Å²) in [6, 6.07) is 13.3.